The van der Waals surface area contributed by atoms with E-state index < -0.39 is 0 Å². The summed E-state index contributed by atoms with van der Waals surface area (Å²) < 4.78 is 7.23. The largest absolute Gasteiger partial charge is 0.491 e. The van der Waals surface area contributed by atoms with Crippen LogP contribution in [0.2, 0.25) is 0 Å². The molecule has 0 radical (unpaired) electrons. The average molecular weight is 385 g/mol. The van der Waals surface area contributed by atoms with E-state index in [1.807, 2.05) is 18.2 Å². The van der Waals surface area contributed by atoms with E-state index in [-0.39, 0.29) is 0 Å². The molecule has 1 aromatic carbocycles. The summed E-state index contributed by atoms with van der Waals surface area (Å²) in [6, 6.07) is 9.26. The van der Waals surface area contributed by atoms with Gasteiger partial charge in [0.05, 0.1) is 15.6 Å². The van der Waals surface area contributed by atoms with Crippen LogP contribution in [0.4, 0.5) is 0 Å². The summed E-state index contributed by atoms with van der Waals surface area (Å²) in [6.07, 6.45) is 3.29. The van der Waals surface area contributed by atoms with Crippen molar-refractivity contribution in [1.29, 1.82) is 0 Å². The number of hydrogen-bond donors (Lipinski definition) is 0. The Kier molecular flexibility index (Phi) is 5.10. The van der Waals surface area contributed by atoms with Crippen molar-refractivity contribution in [2.24, 2.45) is 0 Å². The molecule has 0 aliphatic rings. The molecule has 0 aliphatic carbocycles. The number of hydrogen-bond acceptors (Lipinski definition) is 3. The van der Waals surface area contributed by atoms with Crippen molar-refractivity contribution >= 4 is 38.1 Å². The van der Waals surface area contributed by atoms with Gasteiger partial charge in [0.2, 0.25) is 0 Å². The Morgan fingerprint density at radius 3 is 2.53 bits per heavy atom. The molecule has 5 heteroatoms. The van der Waals surface area contributed by atoms with Gasteiger partial charge in [0, 0.05) is 23.9 Å². The summed E-state index contributed by atoms with van der Waals surface area (Å²) in [5, 5.41) is 0. The molecule has 0 atom stereocenters. The number of carbonyl (C=O) groups excluding carboxylic acids is 1. The molecule has 3 nitrogen and oxygen atoms in total. The van der Waals surface area contributed by atoms with E-state index in [9.17, 15) is 4.79 Å². The zero-order valence-electron chi connectivity index (χ0n) is 9.98. The summed E-state index contributed by atoms with van der Waals surface area (Å²) in [5.41, 5.74) is 1.58. The zero-order chi connectivity index (χ0) is 13.7. The lowest BCUT2D eigenvalue weighted by atomic mass is 10.2. The number of nitrogens with zero attached hydrogens (tertiary/aromatic N) is 1. The van der Waals surface area contributed by atoms with E-state index >= 15 is 0 Å². The second-order valence-electron chi connectivity index (χ2n) is 3.85. The third-order valence-electron chi connectivity index (χ3n) is 2.49. The quantitative estimate of drug-likeness (QED) is 0.730. The summed E-state index contributed by atoms with van der Waals surface area (Å²) in [6.45, 7) is 0.522. The number of aromatic nitrogens is 1. The van der Waals surface area contributed by atoms with E-state index in [4.69, 9.17) is 4.74 Å². The maximum Gasteiger partial charge on any atom is 0.150 e. The lowest BCUT2D eigenvalue weighted by Gasteiger charge is -2.10. The first-order valence-corrected chi connectivity index (χ1v) is 7.26. The molecule has 98 valence electrons. The van der Waals surface area contributed by atoms with Gasteiger partial charge >= 0.3 is 0 Å². The molecular formula is C14H11Br2NO2. The highest BCUT2D eigenvalue weighted by molar-refractivity contribution is 9.11. The van der Waals surface area contributed by atoms with Crippen molar-refractivity contribution in [2.45, 2.75) is 6.42 Å². The number of ether oxygens (including phenoxy) is 1. The standard InChI is InChI=1S/C14H11Br2NO2/c15-12-7-10(9-18)8-13(16)14(12)19-6-4-11-3-1-2-5-17-11/h1-3,5,7-9H,4,6H2. The molecule has 0 unspecified atom stereocenters. The number of aldehydes is 1. The van der Waals surface area contributed by atoms with Crippen LogP contribution in [0.1, 0.15) is 16.1 Å². The Morgan fingerprint density at radius 2 is 1.95 bits per heavy atom. The fourth-order valence-corrected chi connectivity index (χ4v) is 3.04. The maximum atomic E-state index is 10.7. The van der Waals surface area contributed by atoms with Crippen molar-refractivity contribution in [1.82, 2.24) is 4.98 Å². The predicted octanol–water partition coefficient (Wildman–Crippen LogP) is 4.04. The van der Waals surface area contributed by atoms with E-state index in [0.717, 1.165) is 27.3 Å². The predicted molar refractivity (Wildman–Crippen MR) is 80.7 cm³/mol. The molecule has 2 aromatic rings. The molecule has 19 heavy (non-hydrogen) atoms. The number of pyridine rings is 1. The summed E-state index contributed by atoms with van der Waals surface area (Å²) in [7, 11) is 0. The van der Waals surface area contributed by atoms with Crippen molar-refractivity contribution < 1.29 is 9.53 Å². The van der Waals surface area contributed by atoms with Gasteiger partial charge in [0.25, 0.3) is 0 Å². The maximum absolute atomic E-state index is 10.7. The second kappa shape index (κ2) is 6.82. The fraction of sp³-hybridized carbons (Fsp3) is 0.143. The van der Waals surface area contributed by atoms with Crippen molar-refractivity contribution in [3.8, 4) is 5.75 Å². The van der Waals surface area contributed by atoms with Crippen molar-refractivity contribution in [2.75, 3.05) is 6.61 Å². The Labute approximate surface area is 128 Å². The molecule has 0 saturated carbocycles. The van der Waals surface area contributed by atoms with Gasteiger partial charge in [-0.25, -0.2) is 0 Å². The SMILES string of the molecule is O=Cc1cc(Br)c(OCCc2ccccn2)c(Br)c1. The third kappa shape index (κ3) is 3.88. The number of halogens is 2. The number of benzene rings is 1. The summed E-state index contributed by atoms with van der Waals surface area (Å²) >= 11 is 6.79. The molecule has 0 aliphatic heterocycles. The van der Waals surface area contributed by atoms with Gasteiger partial charge in [-0.3, -0.25) is 9.78 Å². The van der Waals surface area contributed by atoms with Crippen LogP contribution < -0.4 is 4.74 Å². The lowest BCUT2D eigenvalue weighted by Crippen LogP contribution is -2.04. The van der Waals surface area contributed by atoms with E-state index in [1.54, 1.807) is 18.3 Å². The van der Waals surface area contributed by atoms with Crippen LogP contribution in [0.25, 0.3) is 0 Å². The van der Waals surface area contributed by atoms with Gasteiger partial charge in [-0.1, -0.05) is 6.07 Å². The second-order valence-corrected chi connectivity index (χ2v) is 5.56. The molecule has 1 aromatic heterocycles. The molecule has 0 spiro atoms. The van der Waals surface area contributed by atoms with Gasteiger partial charge in [0.1, 0.15) is 12.0 Å². The van der Waals surface area contributed by atoms with Gasteiger partial charge in [-0.2, -0.15) is 0 Å². The van der Waals surface area contributed by atoms with E-state index in [0.29, 0.717) is 17.9 Å². The molecule has 0 N–H and O–H groups in total. The van der Waals surface area contributed by atoms with Crippen molar-refractivity contribution in [3.63, 3.8) is 0 Å². The van der Waals surface area contributed by atoms with E-state index in [2.05, 4.69) is 36.8 Å². The minimum absolute atomic E-state index is 0.522. The molecule has 0 fully saturated rings. The molecular weight excluding hydrogens is 374 g/mol. The average Bonchev–Trinajstić information content (AvgIpc) is 2.42. The molecule has 0 saturated heterocycles. The normalized spacial score (nSPS) is 10.2. The van der Waals surface area contributed by atoms with Crippen LogP contribution >= 0.6 is 31.9 Å². The summed E-state index contributed by atoms with van der Waals surface area (Å²) in [4.78, 5) is 15.0. The number of carbonyl (C=O) groups is 1. The highest BCUT2D eigenvalue weighted by Gasteiger charge is 2.09. The number of rotatable bonds is 5. The topological polar surface area (TPSA) is 39.2 Å². The Balaban J connectivity index is 2.02. The smallest absolute Gasteiger partial charge is 0.150 e. The van der Waals surface area contributed by atoms with Gasteiger partial charge in [-0.05, 0) is 56.1 Å². The zero-order valence-corrected chi connectivity index (χ0v) is 13.1. The first-order valence-electron chi connectivity index (χ1n) is 5.67. The highest BCUT2D eigenvalue weighted by Crippen LogP contribution is 2.34. The lowest BCUT2D eigenvalue weighted by molar-refractivity contribution is 0.112. The van der Waals surface area contributed by atoms with E-state index in [1.165, 1.54) is 0 Å². The summed E-state index contributed by atoms with van der Waals surface area (Å²) in [5.74, 6) is 0.696. The van der Waals surface area contributed by atoms with Crippen LogP contribution in [0, 0.1) is 0 Å². The van der Waals surface area contributed by atoms with Gasteiger partial charge < -0.3 is 4.74 Å². The first kappa shape index (κ1) is 14.2. The molecule has 0 amide bonds. The van der Waals surface area contributed by atoms with Crippen LogP contribution in [0.5, 0.6) is 5.75 Å². The highest BCUT2D eigenvalue weighted by atomic mass is 79.9. The minimum Gasteiger partial charge on any atom is -0.491 e. The van der Waals surface area contributed by atoms with Crippen molar-refractivity contribution in [3.05, 3.63) is 56.7 Å². The van der Waals surface area contributed by atoms with Crippen LogP contribution in [-0.4, -0.2) is 17.9 Å². The Morgan fingerprint density at radius 1 is 1.21 bits per heavy atom. The minimum atomic E-state index is 0.522. The first-order chi connectivity index (χ1) is 9.20. The third-order valence-corrected chi connectivity index (χ3v) is 3.67. The molecule has 1 heterocycles. The van der Waals surface area contributed by atoms with Gasteiger partial charge in [0.15, 0.2) is 0 Å². The van der Waals surface area contributed by atoms with Crippen LogP contribution in [0.15, 0.2) is 45.5 Å². The molecule has 0 bridgehead atoms. The monoisotopic (exact) mass is 383 g/mol. The Hall–Kier alpha value is -1.20. The Bertz CT molecular complexity index is 550. The fourth-order valence-electron chi connectivity index (χ4n) is 1.59. The van der Waals surface area contributed by atoms with Crippen LogP contribution in [-0.2, 0) is 6.42 Å². The van der Waals surface area contributed by atoms with Gasteiger partial charge in [-0.15, -0.1) is 0 Å². The van der Waals surface area contributed by atoms with Crippen LogP contribution in [0.3, 0.4) is 0 Å². The molecule has 2 rings (SSSR count).